The predicted molar refractivity (Wildman–Crippen MR) is 138 cm³/mol. The number of halogens is 1. The summed E-state index contributed by atoms with van der Waals surface area (Å²) >= 11 is 0. The van der Waals surface area contributed by atoms with Crippen LogP contribution in [-0.4, -0.2) is 62.5 Å². The molecule has 1 unspecified atom stereocenters. The summed E-state index contributed by atoms with van der Waals surface area (Å²) < 4.78 is 21.4. The lowest BCUT2D eigenvalue weighted by atomic mass is 9.96. The fourth-order valence-electron chi connectivity index (χ4n) is 5.37. The average Bonchev–Trinajstić information content (AvgIpc) is 3.66. The second-order valence-electron chi connectivity index (χ2n) is 9.63. The van der Waals surface area contributed by atoms with Gasteiger partial charge < -0.3 is 14.8 Å². The van der Waals surface area contributed by atoms with Gasteiger partial charge in [-0.2, -0.15) is 5.10 Å². The molecule has 0 bridgehead atoms. The number of ether oxygens (including phenoxy) is 1. The molecule has 36 heavy (non-hydrogen) atoms. The Labute approximate surface area is 209 Å². The van der Waals surface area contributed by atoms with Gasteiger partial charge >= 0.3 is 0 Å². The summed E-state index contributed by atoms with van der Waals surface area (Å²) in [6.07, 6.45) is 8.47. The van der Waals surface area contributed by atoms with Crippen molar-refractivity contribution >= 4 is 16.5 Å². The Balaban J connectivity index is 1.25. The summed E-state index contributed by atoms with van der Waals surface area (Å²) in [5, 5.41) is 17.8. The van der Waals surface area contributed by atoms with Gasteiger partial charge in [-0.15, -0.1) is 0 Å². The number of hydrogen-bond donors (Lipinski definition) is 3. The first-order valence-electron chi connectivity index (χ1n) is 12.7. The largest absolute Gasteiger partial charge is 0.508 e. The Kier molecular flexibility index (Phi) is 6.07. The normalized spacial score (nSPS) is 18.7. The molecule has 6 rings (SSSR count). The van der Waals surface area contributed by atoms with E-state index in [0.29, 0.717) is 40.5 Å². The minimum Gasteiger partial charge on any atom is -0.508 e. The Hall–Kier alpha value is -3.49. The van der Waals surface area contributed by atoms with Crippen LogP contribution in [-0.2, 0) is 11.2 Å². The van der Waals surface area contributed by atoms with E-state index in [4.69, 9.17) is 9.72 Å². The highest BCUT2D eigenvalue weighted by Gasteiger charge is 2.23. The molecule has 0 spiro atoms. The number of aromatic hydroxyl groups is 1. The fraction of sp³-hybridized carbons (Fsp3) is 0.357. The quantitative estimate of drug-likeness (QED) is 0.344. The SMILES string of the molecule is CCc1cc(O)ccc1-c1ccc2c(-c3nc(C4=CCN(CC5CCCO5)CC4)c[nH]3)n[nH]c2c1F. The Morgan fingerprint density at radius 2 is 2.11 bits per heavy atom. The number of fused-ring (bicyclic) bond motifs is 1. The van der Waals surface area contributed by atoms with Gasteiger partial charge in [-0.25, -0.2) is 9.37 Å². The molecule has 186 valence electrons. The lowest BCUT2D eigenvalue weighted by molar-refractivity contribution is 0.0766. The molecule has 2 aliphatic heterocycles. The Morgan fingerprint density at radius 1 is 1.22 bits per heavy atom. The third kappa shape index (κ3) is 4.20. The third-order valence-electron chi connectivity index (χ3n) is 7.35. The van der Waals surface area contributed by atoms with Crippen molar-refractivity contribution in [3.63, 3.8) is 0 Å². The lowest BCUT2D eigenvalue weighted by Crippen LogP contribution is -2.35. The number of hydrogen-bond acceptors (Lipinski definition) is 5. The van der Waals surface area contributed by atoms with Crippen molar-refractivity contribution in [2.24, 2.45) is 0 Å². The number of nitrogens with zero attached hydrogens (tertiary/aromatic N) is 3. The Bertz CT molecular complexity index is 1430. The first kappa shape index (κ1) is 22.9. The van der Waals surface area contributed by atoms with Gasteiger partial charge in [0.2, 0.25) is 0 Å². The van der Waals surface area contributed by atoms with Crippen molar-refractivity contribution in [3.8, 4) is 28.4 Å². The summed E-state index contributed by atoms with van der Waals surface area (Å²) in [5.41, 5.74) is 5.20. The van der Waals surface area contributed by atoms with E-state index in [1.54, 1.807) is 24.3 Å². The smallest absolute Gasteiger partial charge is 0.159 e. The fourth-order valence-corrected chi connectivity index (χ4v) is 5.37. The predicted octanol–water partition coefficient (Wildman–Crippen LogP) is 5.30. The van der Waals surface area contributed by atoms with Crippen molar-refractivity contribution in [1.29, 1.82) is 0 Å². The molecule has 2 aliphatic rings. The number of nitrogens with one attached hydrogen (secondary N) is 2. The van der Waals surface area contributed by atoms with Crippen LogP contribution in [0.3, 0.4) is 0 Å². The maximum atomic E-state index is 15.6. The van der Waals surface area contributed by atoms with Gasteiger partial charge in [-0.05, 0) is 60.6 Å². The number of rotatable bonds is 6. The summed E-state index contributed by atoms with van der Waals surface area (Å²) in [7, 11) is 0. The van der Waals surface area contributed by atoms with Crippen LogP contribution in [0.4, 0.5) is 4.39 Å². The molecule has 4 aromatic rings. The molecule has 1 atom stereocenters. The summed E-state index contributed by atoms with van der Waals surface area (Å²) in [6.45, 7) is 5.75. The third-order valence-corrected chi connectivity index (χ3v) is 7.35. The van der Waals surface area contributed by atoms with Gasteiger partial charge in [0.1, 0.15) is 17.0 Å². The summed E-state index contributed by atoms with van der Waals surface area (Å²) in [6, 6.07) is 8.68. The molecule has 2 aromatic heterocycles. The van der Waals surface area contributed by atoms with Gasteiger partial charge in [0.15, 0.2) is 11.6 Å². The zero-order chi connectivity index (χ0) is 24.6. The number of phenols is 1. The second-order valence-corrected chi connectivity index (χ2v) is 9.63. The Morgan fingerprint density at radius 3 is 2.89 bits per heavy atom. The maximum Gasteiger partial charge on any atom is 0.159 e. The van der Waals surface area contributed by atoms with E-state index in [1.807, 2.05) is 19.2 Å². The van der Waals surface area contributed by atoms with Crippen LogP contribution >= 0.6 is 0 Å². The molecular weight excluding hydrogens is 457 g/mol. The van der Waals surface area contributed by atoms with Crippen molar-refractivity contribution < 1.29 is 14.2 Å². The van der Waals surface area contributed by atoms with Gasteiger partial charge in [0.05, 0.1) is 11.8 Å². The molecule has 2 aromatic carbocycles. The average molecular weight is 488 g/mol. The molecule has 0 radical (unpaired) electrons. The minimum atomic E-state index is -0.361. The van der Waals surface area contributed by atoms with E-state index < -0.39 is 0 Å². The topological polar surface area (TPSA) is 90.1 Å². The minimum absolute atomic E-state index is 0.179. The number of aryl methyl sites for hydroxylation is 1. The molecule has 4 heterocycles. The van der Waals surface area contributed by atoms with E-state index in [-0.39, 0.29) is 11.6 Å². The molecule has 8 heteroatoms. The number of imidazole rings is 1. The highest BCUT2D eigenvalue weighted by atomic mass is 19.1. The van der Waals surface area contributed by atoms with Gasteiger partial charge in [0.25, 0.3) is 0 Å². The number of benzene rings is 2. The number of aromatic amines is 2. The van der Waals surface area contributed by atoms with Crippen molar-refractivity contribution in [1.82, 2.24) is 25.1 Å². The zero-order valence-corrected chi connectivity index (χ0v) is 20.4. The van der Waals surface area contributed by atoms with Crippen LogP contribution < -0.4 is 0 Å². The molecule has 0 aliphatic carbocycles. The summed E-state index contributed by atoms with van der Waals surface area (Å²) in [5.74, 6) is 0.433. The lowest BCUT2D eigenvalue weighted by Gasteiger charge is -2.27. The van der Waals surface area contributed by atoms with E-state index in [9.17, 15) is 5.11 Å². The van der Waals surface area contributed by atoms with E-state index in [0.717, 1.165) is 55.9 Å². The number of aromatic nitrogens is 4. The number of phenolic OH excluding ortho intramolecular Hbond substituents is 1. The summed E-state index contributed by atoms with van der Waals surface area (Å²) in [4.78, 5) is 10.5. The maximum absolute atomic E-state index is 15.6. The van der Waals surface area contributed by atoms with Gasteiger partial charge in [0, 0.05) is 43.4 Å². The van der Waals surface area contributed by atoms with Crippen molar-refractivity contribution in [2.45, 2.75) is 38.7 Å². The van der Waals surface area contributed by atoms with Gasteiger partial charge in [-0.1, -0.05) is 25.1 Å². The molecule has 0 saturated carbocycles. The number of H-pyrrole nitrogens is 2. The first-order chi connectivity index (χ1) is 17.6. The van der Waals surface area contributed by atoms with E-state index >= 15 is 4.39 Å². The molecule has 7 nitrogen and oxygen atoms in total. The highest BCUT2D eigenvalue weighted by Crippen LogP contribution is 2.35. The monoisotopic (exact) mass is 487 g/mol. The van der Waals surface area contributed by atoms with Crippen LogP contribution in [0.1, 0.15) is 37.4 Å². The van der Waals surface area contributed by atoms with Crippen molar-refractivity contribution in [2.75, 3.05) is 26.2 Å². The van der Waals surface area contributed by atoms with Crippen LogP contribution in [0.5, 0.6) is 5.75 Å². The molecule has 3 N–H and O–H groups in total. The first-order valence-corrected chi connectivity index (χ1v) is 12.7. The van der Waals surface area contributed by atoms with Crippen LogP contribution in [0.25, 0.3) is 39.1 Å². The highest BCUT2D eigenvalue weighted by molar-refractivity contribution is 5.94. The van der Waals surface area contributed by atoms with E-state index in [1.165, 1.54) is 12.0 Å². The molecule has 0 amide bonds. The van der Waals surface area contributed by atoms with Gasteiger partial charge in [-0.3, -0.25) is 10.00 Å². The molecular formula is C28H30FN5O2. The van der Waals surface area contributed by atoms with Crippen LogP contribution in [0.2, 0.25) is 0 Å². The van der Waals surface area contributed by atoms with E-state index in [2.05, 4.69) is 26.2 Å². The zero-order valence-electron chi connectivity index (χ0n) is 20.4. The standard InChI is InChI=1S/C28H30FN5O2/c1-2-17-14-19(35)5-6-21(17)22-7-8-23-26(25(22)29)32-33-27(23)28-30-15-24(31-28)18-9-11-34(12-10-18)16-20-4-3-13-36-20/h5-9,14-15,20,35H,2-4,10-13,16H2,1H3,(H,30,31)(H,32,33). The van der Waals surface area contributed by atoms with Crippen LogP contribution in [0.15, 0.2) is 42.6 Å². The second kappa shape index (κ2) is 9.52. The van der Waals surface area contributed by atoms with Crippen LogP contribution in [0, 0.1) is 5.82 Å². The molecule has 1 fully saturated rings. The molecule has 1 saturated heterocycles. The van der Waals surface area contributed by atoms with Crippen molar-refractivity contribution in [3.05, 3.63) is 59.7 Å².